The Morgan fingerprint density at radius 3 is 2.79 bits per heavy atom. The molecule has 0 saturated carbocycles. The highest BCUT2D eigenvalue weighted by Crippen LogP contribution is 2.23. The van der Waals surface area contributed by atoms with Gasteiger partial charge in [0, 0.05) is 29.1 Å². The highest BCUT2D eigenvalue weighted by Gasteiger charge is 2.16. The lowest BCUT2D eigenvalue weighted by molar-refractivity contribution is -0.117. The Morgan fingerprint density at radius 2 is 2.16 bits per heavy atom. The summed E-state index contributed by atoms with van der Waals surface area (Å²) in [6.07, 6.45) is 0.0651. The molecule has 100 valence electrons. The van der Waals surface area contributed by atoms with Gasteiger partial charge in [-0.05, 0) is 24.6 Å². The first-order valence-corrected chi connectivity index (χ1v) is 6.60. The highest BCUT2D eigenvalue weighted by molar-refractivity contribution is 7.19. The smallest absolute Gasteiger partial charge is 0.340 e. The van der Waals surface area contributed by atoms with Crippen LogP contribution in [0.5, 0.6) is 5.75 Å². The van der Waals surface area contributed by atoms with E-state index in [1.807, 2.05) is 0 Å². The number of hydrogen-bond donors (Lipinski definition) is 1. The second-order valence-electron chi connectivity index (χ2n) is 4.61. The number of rotatable bonds is 3. The van der Waals surface area contributed by atoms with Crippen LogP contribution in [0.3, 0.4) is 0 Å². The molecule has 1 unspecified atom stereocenters. The van der Waals surface area contributed by atoms with Crippen molar-refractivity contribution in [1.29, 1.82) is 0 Å². The number of aryl methyl sites for hydroxylation is 1. The topological polar surface area (TPSA) is 67.5 Å². The molecule has 0 aliphatic rings. The third kappa shape index (κ3) is 2.69. The fraction of sp³-hybridized carbons (Fsp3) is 0.286. The Hall–Kier alpha value is -1.67. The fourth-order valence-electron chi connectivity index (χ4n) is 1.92. The van der Waals surface area contributed by atoms with Crippen LogP contribution in [0.15, 0.2) is 27.4 Å². The number of fused-ring (bicyclic) bond motifs is 1. The number of Topliss-reactive ketones (excluding diaryl/α,β-unsaturated/α-hetero) is 1. The summed E-state index contributed by atoms with van der Waals surface area (Å²) in [5.41, 5.74) is 0.726. The maximum Gasteiger partial charge on any atom is 0.340 e. The summed E-state index contributed by atoms with van der Waals surface area (Å²) in [4.78, 5) is 23.7. The van der Waals surface area contributed by atoms with E-state index in [2.05, 4.69) is 9.24 Å². The standard InChI is InChI=1S/C14H15O4P/c1-7-10-4-3-9(15)5-13(10)18-14(17)11(7)6-12(16)8(2)19/h3-5,8,15H,6,19H2,1-2H3/t8-/m1/s1. The molecule has 19 heavy (non-hydrogen) atoms. The van der Waals surface area contributed by atoms with Crippen molar-refractivity contribution in [3.05, 3.63) is 39.7 Å². The van der Waals surface area contributed by atoms with Crippen LogP contribution in [0.25, 0.3) is 11.0 Å². The number of carbonyl (C=O) groups is 1. The average Bonchev–Trinajstić information content (AvgIpc) is 2.33. The summed E-state index contributed by atoms with van der Waals surface area (Å²) < 4.78 is 5.16. The molecule has 5 heteroatoms. The predicted molar refractivity (Wildman–Crippen MR) is 76.8 cm³/mol. The van der Waals surface area contributed by atoms with E-state index in [-0.39, 0.29) is 23.6 Å². The molecule has 0 amide bonds. The molecule has 0 aliphatic carbocycles. The quantitative estimate of drug-likeness (QED) is 0.690. The van der Waals surface area contributed by atoms with Crippen LogP contribution in [0.1, 0.15) is 18.1 Å². The fourth-order valence-corrected chi connectivity index (χ4v) is 2.04. The van der Waals surface area contributed by atoms with Gasteiger partial charge in [0.05, 0.1) is 0 Å². The number of benzene rings is 1. The first kappa shape index (κ1) is 13.8. The van der Waals surface area contributed by atoms with E-state index in [4.69, 9.17) is 4.42 Å². The molecule has 2 aromatic rings. The van der Waals surface area contributed by atoms with Gasteiger partial charge in [0.15, 0.2) is 0 Å². The van der Waals surface area contributed by atoms with Gasteiger partial charge in [0.25, 0.3) is 0 Å². The SMILES string of the molecule is Cc1c(CC(=O)[C@@H](C)P)c(=O)oc2cc(O)ccc12. The lowest BCUT2D eigenvalue weighted by atomic mass is 10.0. The zero-order valence-corrected chi connectivity index (χ0v) is 11.9. The monoisotopic (exact) mass is 278 g/mol. The third-order valence-corrected chi connectivity index (χ3v) is 3.50. The number of aromatic hydroxyl groups is 1. The molecular formula is C14H15O4P. The maximum absolute atomic E-state index is 11.9. The van der Waals surface area contributed by atoms with E-state index in [0.29, 0.717) is 11.1 Å². The van der Waals surface area contributed by atoms with Gasteiger partial charge < -0.3 is 9.52 Å². The summed E-state index contributed by atoms with van der Waals surface area (Å²) in [6.45, 7) is 3.55. The van der Waals surface area contributed by atoms with Crippen LogP contribution in [-0.4, -0.2) is 16.5 Å². The van der Waals surface area contributed by atoms with E-state index in [0.717, 1.165) is 10.9 Å². The van der Waals surface area contributed by atoms with E-state index >= 15 is 0 Å². The minimum Gasteiger partial charge on any atom is -0.508 e. The predicted octanol–water partition coefficient (Wildman–Crippen LogP) is 2.18. The van der Waals surface area contributed by atoms with Gasteiger partial charge >= 0.3 is 5.63 Å². The Balaban J connectivity index is 2.60. The first-order valence-electron chi connectivity index (χ1n) is 5.93. The summed E-state index contributed by atoms with van der Waals surface area (Å²) in [5, 5.41) is 10.1. The largest absolute Gasteiger partial charge is 0.508 e. The molecule has 1 aromatic carbocycles. The maximum atomic E-state index is 11.9. The van der Waals surface area contributed by atoms with Crippen molar-refractivity contribution in [1.82, 2.24) is 0 Å². The molecule has 0 aliphatic heterocycles. The van der Waals surface area contributed by atoms with Crippen LogP contribution >= 0.6 is 9.24 Å². The second kappa shape index (κ2) is 5.14. The molecule has 2 atom stereocenters. The van der Waals surface area contributed by atoms with Crippen LogP contribution in [0.2, 0.25) is 0 Å². The van der Waals surface area contributed by atoms with Crippen molar-refractivity contribution in [3.8, 4) is 5.75 Å². The number of carbonyl (C=O) groups excluding carboxylic acids is 1. The first-order chi connectivity index (χ1) is 8.90. The number of hydrogen-bond acceptors (Lipinski definition) is 4. The normalized spacial score (nSPS) is 12.6. The van der Waals surface area contributed by atoms with Crippen molar-refractivity contribution >= 4 is 26.0 Å². The van der Waals surface area contributed by atoms with Gasteiger partial charge in [0.1, 0.15) is 17.1 Å². The summed E-state index contributed by atoms with van der Waals surface area (Å²) >= 11 is 0. The van der Waals surface area contributed by atoms with E-state index in [1.54, 1.807) is 19.9 Å². The Kier molecular flexibility index (Phi) is 3.72. The van der Waals surface area contributed by atoms with Gasteiger partial charge in [-0.15, -0.1) is 9.24 Å². The van der Waals surface area contributed by atoms with E-state index < -0.39 is 5.63 Å². The molecular weight excluding hydrogens is 263 g/mol. The average molecular weight is 278 g/mol. The number of phenolic OH excluding ortho intramolecular Hbond substituents is 1. The Labute approximate surface area is 112 Å². The van der Waals surface area contributed by atoms with Crippen LogP contribution < -0.4 is 5.63 Å². The van der Waals surface area contributed by atoms with Gasteiger partial charge in [-0.2, -0.15) is 0 Å². The van der Waals surface area contributed by atoms with Crippen molar-refractivity contribution in [2.45, 2.75) is 25.9 Å². The van der Waals surface area contributed by atoms with E-state index in [1.165, 1.54) is 12.1 Å². The molecule has 0 spiro atoms. The molecule has 1 heterocycles. The van der Waals surface area contributed by atoms with E-state index in [9.17, 15) is 14.7 Å². The van der Waals surface area contributed by atoms with Crippen molar-refractivity contribution in [2.75, 3.05) is 0 Å². The third-order valence-electron chi connectivity index (χ3n) is 3.13. The zero-order valence-electron chi connectivity index (χ0n) is 10.8. The van der Waals surface area contributed by atoms with Crippen LogP contribution in [0, 0.1) is 6.92 Å². The van der Waals surface area contributed by atoms with Crippen molar-refractivity contribution in [2.24, 2.45) is 0 Å². The molecule has 0 saturated heterocycles. The van der Waals surface area contributed by atoms with Crippen LogP contribution in [0.4, 0.5) is 0 Å². The second-order valence-corrected chi connectivity index (χ2v) is 5.61. The summed E-state index contributed by atoms with van der Waals surface area (Å²) in [7, 11) is 2.42. The van der Waals surface area contributed by atoms with Crippen LogP contribution in [-0.2, 0) is 11.2 Å². The molecule has 4 nitrogen and oxygen atoms in total. The highest BCUT2D eigenvalue weighted by atomic mass is 31.0. The minimum absolute atomic E-state index is 0.0291. The van der Waals surface area contributed by atoms with Crippen molar-refractivity contribution < 1.29 is 14.3 Å². The molecule has 2 rings (SSSR count). The lowest BCUT2D eigenvalue weighted by Gasteiger charge is -2.08. The lowest BCUT2D eigenvalue weighted by Crippen LogP contribution is -2.19. The molecule has 0 bridgehead atoms. The minimum atomic E-state index is -0.519. The molecule has 1 N–H and O–H groups in total. The summed E-state index contributed by atoms with van der Waals surface area (Å²) in [6, 6.07) is 4.61. The summed E-state index contributed by atoms with van der Waals surface area (Å²) in [5.74, 6) is 0.0102. The van der Waals surface area contributed by atoms with Gasteiger partial charge in [-0.1, -0.05) is 6.92 Å². The molecule has 0 radical (unpaired) electrons. The number of phenols is 1. The van der Waals surface area contributed by atoms with Crippen molar-refractivity contribution in [3.63, 3.8) is 0 Å². The number of ketones is 1. The van der Waals surface area contributed by atoms with Gasteiger partial charge in [-0.3, -0.25) is 4.79 Å². The molecule has 1 aromatic heterocycles. The molecule has 0 fully saturated rings. The van der Waals surface area contributed by atoms with Gasteiger partial charge in [-0.25, -0.2) is 4.79 Å². The Bertz CT molecular complexity index is 700. The van der Waals surface area contributed by atoms with Gasteiger partial charge in [0.2, 0.25) is 0 Å². The zero-order chi connectivity index (χ0) is 14.2. The Morgan fingerprint density at radius 1 is 1.47 bits per heavy atom.